The molecule has 3 nitrogen and oxygen atoms in total. The number of aliphatic imine (C=N–C) groups is 1. The van der Waals surface area contributed by atoms with E-state index in [-0.39, 0.29) is 0 Å². The minimum atomic E-state index is 0.905. The topological polar surface area (TPSA) is 28.5 Å². The first-order valence-corrected chi connectivity index (χ1v) is 3.63. The van der Waals surface area contributed by atoms with Gasteiger partial charge in [-0.05, 0) is 12.1 Å². The fraction of sp³-hybridized carbons (Fsp3) is 0.250. The van der Waals surface area contributed by atoms with Gasteiger partial charge in [0.1, 0.15) is 0 Å². The van der Waals surface area contributed by atoms with E-state index in [0.29, 0.717) is 0 Å². The summed E-state index contributed by atoms with van der Waals surface area (Å²) in [5.41, 5.74) is 1.17. The number of pyridine rings is 1. The van der Waals surface area contributed by atoms with Crippen LogP contribution in [0.1, 0.15) is 0 Å². The summed E-state index contributed by atoms with van der Waals surface area (Å²) in [6, 6.07) is 3.97. The maximum absolute atomic E-state index is 4.12. The van der Waals surface area contributed by atoms with Gasteiger partial charge in [-0.2, -0.15) is 0 Å². The lowest BCUT2D eigenvalue weighted by Gasteiger charge is -2.12. The van der Waals surface area contributed by atoms with Gasteiger partial charge in [-0.3, -0.25) is 9.98 Å². The van der Waals surface area contributed by atoms with E-state index in [1.165, 1.54) is 5.69 Å². The monoisotopic (exact) mass is 147 g/mol. The summed E-state index contributed by atoms with van der Waals surface area (Å²) < 4.78 is 0. The first-order valence-electron chi connectivity index (χ1n) is 3.63. The second-order valence-corrected chi connectivity index (χ2v) is 2.42. The molecule has 0 radical (unpaired) electrons. The van der Waals surface area contributed by atoms with Crippen LogP contribution in [-0.4, -0.2) is 24.4 Å². The van der Waals surface area contributed by atoms with Crippen LogP contribution in [0.25, 0.3) is 0 Å². The van der Waals surface area contributed by atoms with Crippen molar-refractivity contribution < 1.29 is 0 Å². The van der Waals surface area contributed by atoms with E-state index in [1.54, 1.807) is 12.4 Å². The predicted octanol–water partition coefficient (Wildman–Crippen LogP) is 0.930. The Morgan fingerprint density at radius 3 is 2.73 bits per heavy atom. The highest BCUT2D eigenvalue weighted by Gasteiger charge is 2.05. The summed E-state index contributed by atoms with van der Waals surface area (Å²) in [5, 5.41) is 0. The Balaban J connectivity index is 2.23. The highest BCUT2D eigenvalue weighted by atomic mass is 15.2. The van der Waals surface area contributed by atoms with E-state index < -0.39 is 0 Å². The number of anilines is 1. The third-order valence-corrected chi connectivity index (χ3v) is 1.69. The fourth-order valence-corrected chi connectivity index (χ4v) is 1.11. The molecule has 0 unspecified atom stereocenters. The fourth-order valence-electron chi connectivity index (χ4n) is 1.11. The van der Waals surface area contributed by atoms with Crippen LogP contribution < -0.4 is 4.90 Å². The minimum absolute atomic E-state index is 0.905. The van der Waals surface area contributed by atoms with Crippen LogP contribution in [0, 0.1) is 0 Å². The standard InChI is InChI=1S/C8H9N3/c1-3-9-4-2-8(1)11-6-5-10-7-11/h1-4,7H,5-6H2. The molecule has 0 fully saturated rings. The predicted molar refractivity (Wildman–Crippen MR) is 44.9 cm³/mol. The van der Waals surface area contributed by atoms with Gasteiger partial charge >= 0.3 is 0 Å². The van der Waals surface area contributed by atoms with Gasteiger partial charge in [0.25, 0.3) is 0 Å². The van der Waals surface area contributed by atoms with Gasteiger partial charge in [0.2, 0.25) is 0 Å². The molecule has 0 saturated heterocycles. The van der Waals surface area contributed by atoms with E-state index in [2.05, 4.69) is 14.9 Å². The number of nitrogens with zero attached hydrogens (tertiary/aromatic N) is 3. The third-order valence-electron chi connectivity index (χ3n) is 1.69. The lowest BCUT2D eigenvalue weighted by atomic mass is 10.4. The Labute approximate surface area is 65.4 Å². The molecule has 2 rings (SSSR count). The van der Waals surface area contributed by atoms with Crippen LogP contribution in [0.3, 0.4) is 0 Å². The summed E-state index contributed by atoms with van der Waals surface area (Å²) >= 11 is 0. The average Bonchev–Trinajstić information content (AvgIpc) is 2.58. The molecule has 1 aromatic heterocycles. The summed E-state index contributed by atoms with van der Waals surface area (Å²) in [4.78, 5) is 10.2. The molecule has 2 heterocycles. The average molecular weight is 147 g/mol. The molecule has 0 N–H and O–H groups in total. The zero-order valence-corrected chi connectivity index (χ0v) is 6.14. The van der Waals surface area contributed by atoms with E-state index in [0.717, 1.165) is 13.1 Å². The lowest BCUT2D eigenvalue weighted by Crippen LogP contribution is -2.17. The third kappa shape index (κ3) is 1.22. The second-order valence-electron chi connectivity index (χ2n) is 2.42. The lowest BCUT2D eigenvalue weighted by molar-refractivity contribution is 1.02. The molecule has 0 amide bonds. The molecule has 56 valence electrons. The first-order chi connectivity index (χ1) is 5.47. The van der Waals surface area contributed by atoms with Gasteiger partial charge in [0.15, 0.2) is 0 Å². The van der Waals surface area contributed by atoms with Crippen molar-refractivity contribution in [3.05, 3.63) is 24.5 Å². The molecule has 1 aromatic rings. The van der Waals surface area contributed by atoms with Crippen LogP contribution in [-0.2, 0) is 0 Å². The zero-order chi connectivity index (χ0) is 7.52. The van der Waals surface area contributed by atoms with Crippen molar-refractivity contribution >= 4 is 12.0 Å². The van der Waals surface area contributed by atoms with Crippen LogP contribution in [0.2, 0.25) is 0 Å². The van der Waals surface area contributed by atoms with E-state index in [4.69, 9.17) is 0 Å². The van der Waals surface area contributed by atoms with Gasteiger partial charge < -0.3 is 4.90 Å². The highest BCUT2D eigenvalue weighted by Crippen LogP contribution is 2.11. The molecule has 0 saturated carbocycles. The summed E-state index contributed by atoms with van der Waals surface area (Å²) in [6.45, 7) is 1.90. The maximum atomic E-state index is 4.12. The summed E-state index contributed by atoms with van der Waals surface area (Å²) in [7, 11) is 0. The Morgan fingerprint density at radius 2 is 2.09 bits per heavy atom. The number of aromatic nitrogens is 1. The van der Waals surface area contributed by atoms with Crippen molar-refractivity contribution in [2.24, 2.45) is 4.99 Å². The Kier molecular flexibility index (Phi) is 1.55. The number of hydrogen-bond donors (Lipinski definition) is 0. The largest absolute Gasteiger partial charge is 0.331 e. The van der Waals surface area contributed by atoms with Gasteiger partial charge in [0.05, 0.1) is 12.9 Å². The molecule has 0 spiro atoms. The van der Waals surface area contributed by atoms with Gasteiger partial charge in [-0.15, -0.1) is 0 Å². The minimum Gasteiger partial charge on any atom is -0.331 e. The maximum Gasteiger partial charge on any atom is 0.0895 e. The van der Waals surface area contributed by atoms with Crippen molar-refractivity contribution in [2.75, 3.05) is 18.0 Å². The van der Waals surface area contributed by atoms with Crippen LogP contribution in [0.15, 0.2) is 29.5 Å². The molecule has 3 heteroatoms. The van der Waals surface area contributed by atoms with Crippen molar-refractivity contribution in [1.82, 2.24) is 4.98 Å². The SMILES string of the molecule is C1=NCCN1c1ccncc1. The van der Waals surface area contributed by atoms with Gasteiger partial charge in [-0.1, -0.05) is 0 Å². The van der Waals surface area contributed by atoms with Gasteiger partial charge in [0, 0.05) is 24.6 Å². The molecule has 11 heavy (non-hydrogen) atoms. The quantitative estimate of drug-likeness (QED) is 0.591. The molecule has 0 aliphatic carbocycles. The molecule has 1 aliphatic rings. The smallest absolute Gasteiger partial charge is 0.0895 e. The van der Waals surface area contributed by atoms with Crippen LogP contribution in [0.5, 0.6) is 0 Å². The summed E-state index contributed by atoms with van der Waals surface area (Å²) in [5.74, 6) is 0. The Bertz CT molecular complexity index is 255. The van der Waals surface area contributed by atoms with Gasteiger partial charge in [-0.25, -0.2) is 0 Å². The van der Waals surface area contributed by atoms with Crippen molar-refractivity contribution in [1.29, 1.82) is 0 Å². The zero-order valence-electron chi connectivity index (χ0n) is 6.14. The van der Waals surface area contributed by atoms with Crippen LogP contribution in [0.4, 0.5) is 5.69 Å². The van der Waals surface area contributed by atoms with Crippen molar-refractivity contribution in [2.45, 2.75) is 0 Å². The molecule has 0 aromatic carbocycles. The normalized spacial score (nSPS) is 15.8. The van der Waals surface area contributed by atoms with E-state index >= 15 is 0 Å². The number of hydrogen-bond acceptors (Lipinski definition) is 3. The van der Waals surface area contributed by atoms with E-state index in [1.807, 2.05) is 18.5 Å². The second kappa shape index (κ2) is 2.70. The molecular formula is C8H9N3. The molecular weight excluding hydrogens is 138 g/mol. The van der Waals surface area contributed by atoms with E-state index in [9.17, 15) is 0 Å². The van der Waals surface area contributed by atoms with Crippen molar-refractivity contribution in [3.8, 4) is 0 Å². The highest BCUT2D eigenvalue weighted by molar-refractivity contribution is 5.80. The van der Waals surface area contributed by atoms with Crippen LogP contribution >= 0.6 is 0 Å². The molecule has 0 atom stereocenters. The van der Waals surface area contributed by atoms with Crippen molar-refractivity contribution in [3.63, 3.8) is 0 Å². The molecule has 0 bridgehead atoms. The molecule has 1 aliphatic heterocycles. The Morgan fingerprint density at radius 1 is 1.27 bits per heavy atom. The first kappa shape index (κ1) is 6.34. The number of rotatable bonds is 1. The Hall–Kier alpha value is -1.38. The summed E-state index contributed by atoms with van der Waals surface area (Å²) in [6.07, 6.45) is 5.46.